The molecule has 0 spiro atoms. The summed E-state index contributed by atoms with van der Waals surface area (Å²) in [6, 6.07) is 0. The van der Waals surface area contributed by atoms with E-state index in [2.05, 4.69) is 18.1 Å². The van der Waals surface area contributed by atoms with E-state index >= 15 is 0 Å². The van der Waals surface area contributed by atoms with Crippen LogP contribution in [-0.4, -0.2) is 9.55 Å². The maximum absolute atomic E-state index is 6.20. The van der Waals surface area contributed by atoms with Crippen LogP contribution in [0.15, 0.2) is 12.7 Å². The van der Waals surface area contributed by atoms with Gasteiger partial charge in [-0.3, -0.25) is 0 Å². The van der Waals surface area contributed by atoms with Gasteiger partial charge in [0, 0.05) is 18.9 Å². The molecule has 1 aliphatic rings. The number of nitrogen functional groups attached to an aromatic ring is 1. The lowest BCUT2D eigenvalue weighted by atomic mass is 10.0. The van der Waals surface area contributed by atoms with Crippen LogP contribution < -0.4 is 5.73 Å². The fourth-order valence-electron chi connectivity index (χ4n) is 2.64. The molecule has 1 aliphatic carbocycles. The number of aromatic nitrogens is 2. The summed E-state index contributed by atoms with van der Waals surface area (Å²) in [4.78, 5) is 4.72. The number of aryl methyl sites for hydroxylation is 1. The van der Waals surface area contributed by atoms with Crippen molar-refractivity contribution < 1.29 is 0 Å². The molecule has 3 heteroatoms. The maximum Gasteiger partial charge on any atom is 0.127 e. The maximum atomic E-state index is 6.20. The molecule has 1 aromatic heterocycles. The summed E-state index contributed by atoms with van der Waals surface area (Å²) < 4.78 is 2.10. The van der Waals surface area contributed by atoms with Crippen LogP contribution in [0.4, 0.5) is 5.82 Å². The Kier molecular flexibility index (Phi) is 3.32. The van der Waals surface area contributed by atoms with E-state index in [9.17, 15) is 0 Å². The Morgan fingerprint density at radius 2 is 2.19 bits per heavy atom. The van der Waals surface area contributed by atoms with E-state index in [1.807, 2.05) is 6.08 Å². The zero-order valence-electron chi connectivity index (χ0n) is 10.1. The topological polar surface area (TPSA) is 43.8 Å². The van der Waals surface area contributed by atoms with Crippen LogP contribution in [-0.2, 0) is 13.0 Å². The summed E-state index contributed by atoms with van der Waals surface area (Å²) in [6.07, 6.45) is 7.96. The van der Waals surface area contributed by atoms with Crippen molar-refractivity contribution in [3.8, 4) is 0 Å². The predicted molar refractivity (Wildman–Crippen MR) is 67.4 cm³/mol. The second-order valence-corrected chi connectivity index (χ2v) is 4.53. The normalized spacial score (nSPS) is 16.8. The van der Waals surface area contributed by atoms with Gasteiger partial charge in [0.25, 0.3) is 0 Å². The van der Waals surface area contributed by atoms with Crippen molar-refractivity contribution in [2.24, 2.45) is 0 Å². The lowest BCUT2D eigenvalue weighted by Gasteiger charge is -2.08. The molecule has 0 amide bonds. The number of hydrogen-bond acceptors (Lipinski definition) is 2. The largest absolute Gasteiger partial charge is 0.384 e. The summed E-state index contributed by atoms with van der Waals surface area (Å²) in [5, 5.41) is 0. The third-order valence-corrected chi connectivity index (χ3v) is 3.48. The van der Waals surface area contributed by atoms with Gasteiger partial charge in [0.2, 0.25) is 0 Å². The number of nitrogens with zero attached hydrogens (tertiary/aromatic N) is 2. The van der Waals surface area contributed by atoms with Crippen LogP contribution in [0, 0.1) is 0 Å². The second-order valence-electron chi connectivity index (χ2n) is 4.53. The Morgan fingerprint density at radius 1 is 1.50 bits per heavy atom. The Balaban J connectivity index is 2.34. The molecular weight excluding hydrogens is 198 g/mol. The van der Waals surface area contributed by atoms with Crippen molar-refractivity contribution in [1.82, 2.24) is 9.55 Å². The first-order valence-corrected chi connectivity index (χ1v) is 6.23. The number of rotatable bonds is 4. The molecule has 88 valence electrons. The van der Waals surface area contributed by atoms with Gasteiger partial charge in [-0.2, -0.15) is 0 Å². The molecule has 3 nitrogen and oxygen atoms in total. The number of imidazole rings is 1. The van der Waals surface area contributed by atoms with Crippen LogP contribution in [0.25, 0.3) is 0 Å². The van der Waals surface area contributed by atoms with Crippen LogP contribution in [0.5, 0.6) is 0 Å². The van der Waals surface area contributed by atoms with Crippen LogP contribution in [0.2, 0.25) is 0 Å². The number of hydrogen-bond donors (Lipinski definition) is 1. The third-order valence-electron chi connectivity index (χ3n) is 3.48. The van der Waals surface area contributed by atoms with Crippen molar-refractivity contribution in [3.05, 3.63) is 24.2 Å². The van der Waals surface area contributed by atoms with Gasteiger partial charge in [0.15, 0.2) is 0 Å². The predicted octanol–water partition coefficient (Wildman–Crippen LogP) is 2.87. The number of allylic oxidation sites excluding steroid dienone is 1. The fourth-order valence-corrected chi connectivity index (χ4v) is 2.64. The van der Waals surface area contributed by atoms with Gasteiger partial charge in [-0.15, -0.1) is 6.58 Å². The van der Waals surface area contributed by atoms with E-state index in [4.69, 9.17) is 10.7 Å². The average molecular weight is 219 g/mol. The zero-order valence-corrected chi connectivity index (χ0v) is 10.1. The quantitative estimate of drug-likeness (QED) is 0.791. The monoisotopic (exact) mass is 219 g/mol. The standard InChI is InChI=1S/C13H21N3/c1-3-9-16-11(4-2)15-12(13(16)14)10-7-5-6-8-10/h3,10H,1,4-9,14H2,2H3. The Hall–Kier alpha value is -1.25. The summed E-state index contributed by atoms with van der Waals surface area (Å²) in [7, 11) is 0. The van der Waals surface area contributed by atoms with Gasteiger partial charge in [-0.05, 0) is 12.8 Å². The summed E-state index contributed by atoms with van der Waals surface area (Å²) in [5.74, 6) is 2.55. The molecule has 1 heterocycles. The van der Waals surface area contributed by atoms with Gasteiger partial charge < -0.3 is 10.3 Å². The number of anilines is 1. The Bertz CT molecular complexity index is 373. The van der Waals surface area contributed by atoms with E-state index in [-0.39, 0.29) is 0 Å². The molecule has 16 heavy (non-hydrogen) atoms. The minimum absolute atomic E-state index is 0.594. The molecule has 2 N–H and O–H groups in total. The second kappa shape index (κ2) is 4.73. The minimum Gasteiger partial charge on any atom is -0.384 e. The van der Waals surface area contributed by atoms with E-state index in [0.29, 0.717) is 5.92 Å². The Labute approximate surface area is 97.4 Å². The van der Waals surface area contributed by atoms with Crippen LogP contribution in [0.3, 0.4) is 0 Å². The fraction of sp³-hybridized carbons (Fsp3) is 0.615. The van der Waals surface area contributed by atoms with Gasteiger partial charge in [-0.25, -0.2) is 4.98 Å². The first-order valence-electron chi connectivity index (χ1n) is 6.23. The smallest absolute Gasteiger partial charge is 0.127 e. The van der Waals surface area contributed by atoms with Crippen LogP contribution >= 0.6 is 0 Å². The van der Waals surface area contributed by atoms with E-state index in [1.54, 1.807) is 0 Å². The van der Waals surface area contributed by atoms with Gasteiger partial charge >= 0.3 is 0 Å². The molecular formula is C13H21N3. The van der Waals surface area contributed by atoms with Crippen molar-refractivity contribution in [2.45, 2.75) is 51.5 Å². The first kappa shape index (κ1) is 11.2. The number of nitrogens with two attached hydrogens (primary N) is 1. The van der Waals surface area contributed by atoms with Gasteiger partial charge in [0.1, 0.15) is 11.6 Å². The molecule has 0 saturated heterocycles. The van der Waals surface area contributed by atoms with E-state index < -0.39 is 0 Å². The molecule has 1 saturated carbocycles. The van der Waals surface area contributed by atoms with Crippen molar-refractivity contribution >= 4 is 5.82 Å². The van der Waals surface area contributed by atoms with Crippen LogP contribution in [0.1, 0.15) is 50.0 Å². The highest BCUT2D eigenvalue weighted by Crippen LogP contribution is 2.36. The lowest BCUT2D eigenvalue weighted by Crippen LogP contribution is -2.06. The van der Waals surface area contributed by atoms with E-state index in [1.165, 1.54) is 25.7 Å². The molecule has 1 fully saturated rings. The van der Waals surface area contributed by atoms with Gasteiger partial charge in [0.05, 0.1) is 5.69 Å². The Morgan fingerprint density at radius 3 is 2.75 bits per heavy atom. The molecule has 1 aromatic rings. The van der Waals surface area contributed by atoms with Crippen molar-refractivity contribution in [2.75, 3.05) is 5.73 Å². The highest BCUT2D eigenvalue weighted by Gasteiger charge is 2.24. The SMILES string of the molecule is C=CCn1c(CC)nc(C2CCCC2)c1N. The van der Waals surface area contributed by atoms with E-state index in [0.717, 1.165) is 30.3 Å². The minimum atomic E-state index is 0.594. The first-order chi connectivity index (χ1) is 7.77. The molecule has 0 unspecified atom stereocenters. The third kappa shape index (κ3) is 1.86. The highest BCUT2D eigenvalue weighted by atomic mass is 15.1. The van der Waals surface area contributed by atoms with Crippen molar-refractivity contribution in [1.29, 1.82) is 0 Å². The highest BCUT2D eigenvalue weighted by molar-refractivity contribution is 5.41. The molecule has 0 atom stereocenters. The zero-order chi connectivity index (χ0) is 11.5. The summed E-state index contributed by atoms with van der Waals surface area (Å²) in [6.45, 7) is 6.67. The molecule has 0 aromatic carbocycles. The molecule has 0 bridgehead atoms. The summed E-state index contributed by atoms with van der Waals surface area (Å²) in [5.41, 5.74) is 7.33. The molecule has 0 aliphatic heterocycles. The lowest BCUT2D eigenvalue weighted by molar-refractivity contribution is 0.701. The molecule has 0 radical (unpaired) electrons. The van der Waals surface area contributed by atoms with Gasteiger partial charge in [-0.1, -0.05) is 25.8 Å². The van der Waals surface area contributed by atoms with Crippen molar-refractivity contribution in [3.63, 3.8) is 0 Å². The summed E-state index contributed by atoms with van der Waals surface area (Å²) >= 11 is 0. The molecule has 2 rings (SSSR count). The average Bonchev–Trinajstić information content (AvgIpc) is 2.89.